The van der Waals surface area contributed by atoms with E-state index in [-0.39, 0.29) is 121 Å². The number of methoxy groups -OCH3 is 1. The molecule has 3 fully saturated rings. The van der Waals surface area contributed by atoms with Crippen molar-refractivity contribution in [3.05, 3.63) is 69.1 Å². The Morgan fingerprint density at radius 1 is 1.00 bits per heavy atom. The molecule has 0 amide bonds. The molecule has 16 nitrogen and oxygen atoms in total. The Hall–Kier alpha value is -4.65. The van der Waals surface area contributed by atoms with Crippen molar-refractivity contribution in [1.29, 1.82) is 0 Å². The lowest BCUT2D eigenvalue weighted by Crippen LogP contribution is -2.65. The number of piperidine rings is 1. The molecular formula is C55H72N2O14. The number of hydrogen-bond acceptors (Lipinski definition) is 15. The number of carbonyl (C=O) groups excluding carboxylic acids is 3. The summed E-state index contributed by atoms with van der Waals surface area (Å²) in [6.07, 6.45) is 7.37. The van der Waals surface area contributed by atoms with Crippen LogP contribution in [0.4, 0.5) is 0 Å². The van der Waals surface area contributed by atoms with Gasteiger partial charge in [0.25, 0.3) is 0 Å². The van der Waals surface area contributed by atoms with Gasteiger partial charge in [0.15, 0.2) is 6.29 Å². The molecule has 1 aromatic heterocycles. The summed E-state index contributed by atoms with van der Waals surface area (Å²) in [4.78, 5) is 48.1. The number of allylic oxidation sites excluding steroid dienone is 3. The monoisotopic (exact) mass is 984 g/mol. The van der Waals surface area contributed by atoms with Crippen molar-refractivity contribution in [2.45, 2.75) is 108 Å². The van der Waals surface area contributed by atoms with Crippen molar-refractivity contribution < 1.29 is 68.7 Å². The number of aromatic nitrogens is 1. The fourth-order valence-corrected chi connectivity index (χ4v) is 13.6. The predicted molar refractivity (Wildman–Crippen MR) is 262 cm³/mol. The van der Waals surface area contributed by atoms with Crippen LogP contribution in [0.5, 0.6) is 17.2 Å². The van der Waals surface area contributed by atoms with E-state index in [2.05, 4.69) is 9.88 Å². The van der Waals surface area contributed by atoms with Crippen LogP contribution in [-0.2, 0) is 43.3 Å². The first-order chi connectivity index (χ1) is 34.6. The standard InChI is InChI=1S/C55H72N2O14/c1-3-68-54(65)53-41(28-62)47-35-20-37(27-61)49(64)39(22-35)38-21-34-11-13-56-45(34)23-32(38)10-9-31(26-60)30-69-51-40-24-46(70-50(40)42(29-63)52(71-53)48(47)51)55(66)43(8-5-17-59)33(7-4-16-58)19-36-25-57(14-6-18-67-2)15-12-44(36)55/h11,13,21,23,28,31,33,36-37,39,43-44,46,56,58-61,63,66H,3-10,12,14-20,22,24-27,29-30H2,1-2H3. The number of benzene rings is 2. The summed E-state index contributed by atoms with van der Waals surface area (Å²) in [7, 11) is 1.70. The van der Waals surface area contributed by atoms with Gasteiger partial charge in [-0.25, -0.2) is 4.79 Å². The molecule has 6 aliphatic rings. The molecule has 0 radical (unpaired) electrons. The first kappa shape index (κ1) is 51.3. The molecule has 7 N–H and O–H groups in total. The minimum absolute atomic E-state index is 0.00287. The smallest absolute Gasteiger partial charge is 0.375 e. The number of nitrogens with one attached hydrogen (secondary N) is 1. The van der Waals surface area contributed by atoms with Crippen molar-refractivity contribution in [2.75, 3.05) is 73.0 Å². The Bertz CT molecular complexity index is 2510. The summed E-state index contributed by atoms with van der Waals surface area (Å²) < 4.78 is 31.6. The average Bonchev–Trinajstić information content (AvgIpc) is 4.05. The maximum atomic E-state index is 14.6. The largest absolute Gasteiger partial charge is 0.492 e. The summed E-state index contributed by atoms with van der Waals surface area (Å²) in [5.74, 6) is -3.48. The maximum Gasteiger partial charge on any atom is 0.375 e. The molecule has 3 aromatic rings. The molecule has 2 aromatic carbocycles. The summed E-state index contributed by atoms with van der Waals surface area (Å²) in [6, 6.07) is 5.97. The number of aliphatic hydroxyl groups excluding tert-OH is 5. The van der Waals surface area contributed by atoms with Gasteiger partial charge < -0.3 is 64.2 Å². The van der Waals surface area contributed by atoms with Crippen molar-refractivity contribution >= 4 is 34.5 Å². The van der Waals surface area contributed by atoms with Gasteiger partial charge in [-0.3, -0.25) is 9.59 Å². The number of ketones is 1. The fourth-order valence-electron chi connectivity index (χ4n) is 13.6. The molecule has 16 heteroatoms. The molecule has 2 aliphatic carbocycles. The second-order valence-corrected chi connectivity index (χ2v) is 20.7. The van der Waals surface area contributed by atoms with Crippen molar-refractivity contribution in [2.24, 2.45) is 35.5 Å². The van der Waals surface area contributed by atoms with Gasteiger partial charge in [0.2, 0.25) is 5.76 Å². The molecule has 0 spiro atoms. The van der Waals surface area contributed by atoms with E-state index in [4.69, 9.17) is 23.7 Å². The van der Waals surface area contributed by atoms with Crippen LogP contribution in [0.1, 0.15) is 105 Å². The van der Waals surface area contributed by atoms with Gasteiger partial charge in [-0.05, 0) is 142 Å². The number of esters is 1. The van der Waals surface area contributed by atoms with E-state index in [0.29, 0.717) is 69.0 Å². The van der Waals surface area contributed by atoms with Crippen LogP contribution in [0.3, 0.4) is 0 Å². The van der Waals surface area contributed by atoms with Crippen LogP contribution in [0.2, 0.25) is 0 Å². The summed E-state index contributed by atoms with van der Waals surface area (Å²) in [6.45, 7) is 3.22. The number of likely N-dealkylation sites (tertiary alicyclic amines) is 1. The number of aliphatic hydroxyl groups is 6. The third kappa shape index (κ3) is 9.48. The third-order valence-corrected chi connectivity index (χ3v) is 16.8. The zero-order valence-electron chi connectivity index (χ0n) is 41.2. The molecule has 1 saturated heterocycles. The average molecular weight is 985 g/mol. The van der Waals surface area contributed by atoms with Gasteiger partial charge in [0, 0.05) is 93.7 Å². The lowest BCUT2D eigenvalue weighted by molar-refractivity contribution is -0.204. The topological polar surface area (TPSA) is 238 Å². The molecule has 386 valence electrons. The maximum absolute atomic E-state index is 14.6. The first-order valence-electron chi connectivity index (χ1n) is 26.0. The van der Waals surface area contributed by atoms with Gasteiger partial charge in [0.05, 0.1) is 43.1 Å². The lowest BCUT2D eigenvalue weighted by atomic mass is 9.53. The van der Waals surface area contributed by atoms with Crippen LogP contribution in [-0.4, -0.2) is 143 Å². The first-order valence-corrected chi connectivity index (χ1v) is 26.0. The number of hydrogen-bond donors (Lipinski definition) is 7. The van der Waals surface area contributed by atoms with E-state index in [1.807, 2.05) is 24.4 Å². The molecule has 2 bridgehead atoms. The molecule has 9 rings (SSSR count). The van der Waals surface area contributed by atoms with Gasteiger partial charge in [-0.2, -0.15) is 0 Å². The molecule has 9 unspecified atom stereocenters. The Labute approximate surface area is 415 Å². The quantitative estimate of drug-likeness (QED) is 0.0552. The molecule has 9 atom stereocenters. The minimum atomic E-state index is -1.46. The van der Waals surface area contributed by atoms with E-state index in [0.717, 1.165) is 54.5 Å². The summed E-state index contributed by atoms with van der Waals surface area (Å²) >= 11 is 0. The highest BCUT2D eigenvalue weighted by Gasteiger charge is 2.61. The Morgan fingerprint density at radius 3 is 2.55 bits per heavy atom. The molecule has 5 heterocycles. The van der Waals surface area contributed by atoms with E-state index in [1.165, 1.54) is 0 Å². The van der Waals surface area contributed by atoms with Gasteiger partial charge in [-0.1, -0.05) is 5.57 Å². The van der Waals surface area contributed by atoms with Crippen molar-refractivity contribution in [3.8, 4) is 17.2 Å². The minimum Gasteiger partial charge on any atom is -0.492 e. The SMILES string of the molecule is CCOC(=O)C1=C(C=O)C2=C3CC(CO)C(=O)C(C3)c3cc4cc[nH]c4cc3CCC(CO)COc3c4c(c(CO)c(c32)O1)OC(C1(O)C(CCCO)C(CCCO)CC2CN(CCCOC)CCC21)C4. The Morgan fingerprint density at radius 2 is 1.82 bits per heavy atom. The predicted octanol–water partition coefficient (Wildman–Crippen LogP) is 4.70. The number of H-pyrrole nitrogens is 1. The second-order valence-electron chi connectivity index (χ2n) is 20.7. The highest BCUT2D eigenvalue weighted by Crippen LogP contribution is 2.60. The third-order valence-electron chi connectivity index (χ3n) is 16.8. The summed E-state index contributed by atoms with van der Waals surface area (Å²) in [5, 5.41) is 68.8. The van der Waals surface area contributed by atoms with Crippen LogP contribution in [0.15, 0.2) is 41.3 Å². The normalized spacial score (nSPS) is 28.6. The number of carbonyl (C=O) groups is 3. The zero-order chi connectivity index (χ0) is 50.0. The highest BCUT2D eigenvalue weighted by molar-refractivity contribution is 6.11. The molecular weight excluding hydrogens is 913 g/mol. The fraction of sp³-hybridized carbons (Fsp3) is 0.618. The van der Waals surface area contributed by atoms with Crippen LogP contribution < -0.4 is 14.2 Å². The van der Waals surface area contributed by atoms with Gasteiger partial charge >= 0.3 is 5.97 Å². The van der Waals surface area contributed by atoms with E-state index >= 15 is 0 Å². The number of rotatable bonds is 17. The van der Waals surface area contributed by atoms with E-state index in [1.54, 1.807) is 14.0 Å². The zero-order valence-corrected chi connectivity index (χ0v) is 41.2. The number of fused-ring (bicyclic) bond motifs is 8. The molecule has 2 saturated carbocycles. The molecule has 4 aliphatic heterocycles. The number of nitrogens with zero attached hydrogens (tertiary/aromatic N) is 1. The van der Waals surface area contributed by atoms with E-state index < -0.39 is 54.4 Å². The van der Waals surface area contributed by atoms with Crippen molar-refractivity contribution in [3.63, 3.8) is 0 Å². The van der Waals surface area contributed by atoms with Gasteiger partial charge in [-0.15, -0.1) is 0 Å². The van der Waals surface area contributed by atoms with Gasteiger partial charge in [0.1, 0.15) is 34.7 Å². The molecule has 71 heavy (non-hydrogen) atoms. The number of ether oxygens (including phenoxy) is 5. The van der Waals surface area contributed by atoms with E-state index in [9.17, 15) is 45.0 Å². The second kappa shape index (κ2) is 22.2. The lowest BCUT2D eigenvalue weighted by Gasteiger charge is -2.58. The van der Waals surface area contributed by atoms with Crippen molar-refractivity contribution in [1.82, 2.24) is 9.88 Å². The number of aryl methyl sites for hydroxylation is 1. The Balaban J connectivity index is 1.25. The number of Topliss-reactive ketones (excluding diaryl/α,β-unsaturated/α-hetero) is 1. The highest BCUT2D eigenvalue weighted by atomic mass is 16.6. The summed E-state index contributed by atoms with van der Waals surface area (Å²) in [5.41, 5.74) is 2.83. The van der Waals surface area contributed by atoms with Crippen LogP contribution in [0.25, 0.3) is 16.5 Å². The Kier molecular flexibility index (Phi) is 16.0. The number of aromatic amines is 1. The number of aldehydes is 1. The van der Waals surface area contributed by atoms with Crippen LogP contribution >= 0.6 is 0 Å². The van der Waals surface area contributed by atoms with Crippen LogP contribution in [0, 0.1) is 35.5 Å².